The van der Waals surface area contributed by atoms with Crippen LogP contribution in [-0.4, -0.2) is 109 Å². The van der Waals surface area contributed by atoms with Crippen LogP contribution < -0.4 is 46.8 Å². The third-order valence-electron chi connectivity index (χ3n) is 13.9. The quantitative estimate of drug-likeness (QED) is 0.0777. The van der Waals surface area contributed by atoms with Crippen LogP contribution in [0.15, 0.2) is 33.9 Å². The molecule has 20 heteroatoms. The van der Waals surface area contributed by atoms with E-state index in [4.69, 9.17) is 24.7 Å². The zero-order chi connectivity index (χ0) is 54.1. The van der Waals surface area contributed by atoms with Gasteiger partial charge < -0.3 is 59.0 Å². The zero-order valence-corrected chi connectivity index (χ0v) is 44.6. The van der Waals surface area contributed by atoms with Crippen molar-refractivity contribution < 1.29 is 51.6 Å². The molecule has 74 heavy (non-hydrogen) atoms. The SMILES string of the molecule is COC(=O)COc1cc(=O)n(C2CC2)c2c(C)c(N3CC[C@@H]([C@H](C)NC(=O)OC(C)(C)C)C3)c(F)cc12.Cc1c(N2CC[C@@H]([C@H](C)NC(=O)OC(C)(C)C)C2)c(F)cc2c(OCC(=O)CN)cc(=O)n(C3CC3)c12. The molecule has 0 radical (unpaired) electrons. The normalized spacial score (nSPS) is 18.6. The van der Waals surface area contributed by atoms with E-state index in [1.807, 2.05) is 79.0 Å². The van der Waals surface area contributed by atoms with Gasteiger partial charge in [-0.1, -0.05) is 0 Å². The number of rotatable bonds is 15. The number of aryl methyl sites for hydroxylation is 2. The second-order valence-corrected chi connectivity index (χ2v) is 22.1. The van der Waals surface area contributed by atoms with Crippen LogP contribution in [0.3, 0.4) is 0 Å². The Kier molecular flexibility index (Phi) is 16.6. The maximum Gasteiger partial charge on any atom is 0.407 e. The fourth-order valence-electron chi connectivity index (χ4n) is 10.1. The van der Waals surface area contributed by atoms with E-state index in [1.54, 1.807) is 9.13 Å². The molecule has 404 valence electrons. The van der Waals surface area contributed by atoms with E-state index in [9.17, 15) is 28.8 Å². The standard InChI is InChI=1S/C27H37FN4O5.C27H36FN3O6/c1-15-24-20(22(36-14-19(33)12-29)11-23(34)32(24)18-6-7-18)10-21(28)25(15)31-9-8-17(13-31)16(2)30-26(35)37-27(3,4)5;1-15-24-19(21(36-14-23(33)35-6)12-22(32)31(24)18-7-8-18)11-20(28)25(15)30-10-9-17(13-30)16(2)29-26(34)37-27(3,4)5/h10-11,16-18H,6-9,12-14,29H2,1-5H3,(H,30,35);11-12,16-18H,7-10,13-14H2,1-6H3,(H,29,34)/t2*16-,17+/m00/s1. The third kappa shape index (κ3) is 12.9. The summed E-state index contributed by atoms with van der Waals surface area (Å²) in [6.45, 7) is 19.9. The van der Waals surface area contributed by atoms with Crippen molar-refractivity contribution in [1.82, 2.24) is 19.8 Å². The van der Waals surface area contributed by atoms with Gasteiger partial charge in [0.25, 0.3) is 11.1 Å². The summed E-state index contributed by atoms with van der Waals surface area (Å²) >= 11 is 0. The van der Waals surface area contributed by atoms with Crippen molar-refractivity contribution in [1.29, 1.82) is 0 Å². The molecular weight excluding hydrogens is 961 g/mol. The Morgan fingerprint density at radius 3 is 1.41 bits per heavy atom. The first-order valence-corrected chi connectivity index (χ1v) is 25.6. The van der Waals surface area contributed by atoms with E-state index in [1.165, 1.54) is 31.4 Å². The van der Waals surface area contributed by atoms with Crippen molar-refractivity contribution >= 4 is 57.1 Å². The van der Waals surface area contributed by atoms with Gasteiger partial charge >= 0.3 is 18.2 Å². The minimum Gasteiger partial charge on any atom is -0.485 e. The van der Waals surface area contributed by atoms with Crippen LogP contribution in [0, 0.1) is 37.3 Å². The monoisotopic (exact) mass is 1030 g/mol. The van der Waals surface area contributed by atoms with Crippen molar-refractivity contribution in [2.45, 2.75) is 143 Å². The Hall–Kier alpha value is -6.44. The smallest absolute Gasteiger partial charge is 0.407 e. The number of esters is 1. The highest BCUT2D eigenvalue weighted by Crippen LogP contribution is 2.44. The highest BCUT2D eigenvalue weighted by Gasteiger charge is 2.36. The number of nitrogens with one attached hydrogen (secondary N) is 2. The summed E-state index contributed by atoms with van der Waals surface area (Å²) in [7, 11) is 1.25. The molecule has 2 aromatic carbocycles. The summed E-state index contributed by atoms with van der Waals surface area (Å²) in [5, 5.41) is 6.72. The largest absolute Gasteiger partial charge is 0.485 e. The number of fused-ring (bicyclic) bond motifs is 2. The van der Waals surface area contributed by atoms with E-state index < -0.39 is 41.0 Å². The summed E-state index contributed by atoms with van der Waals surface area (Å²) < 4.78 is 61.4. The summed E-state index contributed by atoms with van der Waals surface area (Å²) in [5.74, 6) is -1.22. The lowest BCUT2D eigenvalue weighted by Gasteiger charge is -2.27. The number of amides is 2. The van der Waals surface area contributed by atoms with Crippen molar-refractivity contribution in [3.8, 4) is 11.5 Å². The van der Waals surface area contributed by atoms with Crippen LogP contribution in [0.1, 0.15) is 117 Å². The number of halogens is 2. The van der Waals surface area contributed by atoms with Gasteiger partial charge in [-0.3, -0.25) is 14.4 Å². The molecule has 4 N–H and O–H groups in total. The summed E-state index contributed by atoms with van der Waals surface area (Å²) in [4.78, 5) is 77.9. The zero-order valence-electron chi connectivity index (χ0n) is 44.6. The maximum atomic E-state index is 15.7. The van der Waals surface area contributed by atoms with Crippen molar-refractivity contribution in [2.24, 2.45) is 17.6 Å². The lowest BCUT2D eigenvalue weighted by Crippen LogP contribution is -2.42. The first-order chi connectivity index (χ1) is 34.8. The molecule has 4 atom stereocenters. The fraction of sp³-hybridized carbons (Fsp3) is 0.593. The number of methoxy groups -OCH3 is 1. The number of carbonyl (C=O) groups excluding carboxylic acids is 4. The number of ether oxygens (including phenoxy) is 5. The summed E-state index contributed by atoms with van der Waals surface area (Å²) in [6.07, 6.45) is 4.12. The molecule has 4 aromatic rings. The Balaban J connectivity index is 0.000000216. The van der Waals surface area contributed by atoms with Crippen molar-refractivity contribution in [2.75, 3.05) is 62.8 Å². The maximum absolute atomic E-state index is 15.7. The first-order valence-electron chi connectivity index (χ1n) is 25.6. The minimum atomic E-state index is -0.592. The van der Waals surface area contributed by atoms with E-state index in [0.29, 0.717) is 70.5 Å². The molecule has 2 saturated carbocycles. The van der Waals surface area contributed by atoms with Crippen LogP contribution in [0.25, 0.3) is 21.8 Å². The number of Topliss-reactive ketones (excluding diaryl/α,β-unsaturated/α-hetero) is 1. The Morgan fingerprint density at radius 1 is 0.662 bits per heavy atom. The molecule has 2 saturated heterocycles. The number of benzene rings is 2. The molecule has 4 heterocycles. The molecule has 2 aliphatic carbocycles. The molecule has 4 fully saturated rings. The van der Waals surface area contributed by atoms with Crippen LogP contribution >= 0.6 is 0 Å². The van der Waals surface area contributed by atoms with Crippen LogP contribution in [0.4, 0.5) is 29.7 Å². The van der Waals surface area contributed by atoms with Gasteiger partial charge in [-0.15, -0.1) is 0 Å². The van der Waals surface area contributed by atoms with Gasteiger partial charge in [0.1, 0.15) is 40.9 Å². The molecule has 4 aliphatic rings. The van der Waals surface area contributed by atoms with Gasteiger partial charge in [0.2, 0.25) is 0 Å². The van der Waals surface area contributed by atoms with Gasteiger partial charge in [0, 0.05) is 73.3 Å². The number of pyridine rings is 2. The van der Waals surface area contributed by atoms with Gasteiger partial charge in [-0.2, -0.15) is 0 Å². The van der Waals surface area contributed by atoms with Gasteiger partial charge in [-0.25, -0.2) is 23.2 Å². The van der Waals surface area contributed by atoms with Crippen molar-refractivity contribution in [3.05, 3.63) is 67.7 Å². The minimum absolute atomic E-state index is 0.0612. The molecule has 2 amide bonds. The van der Waals surface area contributed by atoms with E-state index in [2.05, 4.69) is 15.4 Å². The molecular formula is C54H73F2N7O11. The topological polar surface area (TPSA) is 215 Å². The molecule has 0 bridgehead atoms. The van der Waals surface area contributed by atoms with Crippen LogP contribution in [0.5, 0.6) is 11.5 Å². The number of hydrogen-bond donors (Lipinski definition) is 3. The first kappa shape index (κ1) is 55.3. The van der Waals surface area contributed by atoms with Crippen molar-refractivity contribution in [3.63, 3.8) is 0 Å². The third-order valence-corrected chi connectivity index (χ3v) is 13.9. The average molecular weight is 1030 g/mol. The number of aromatic nitrogens is 2. The Labute approximate surface area is 430 Å². The number of carbonyl (C=O) groups is 4. The highest BCUT2D eigenvalue weighted by atomic mass is 19.1. The number of nitrogens with zero attached hydrogens (tertiary/aromatic N) is 4. The molecule has 8 rings (SSSR count). The molecule has 18 nitrogen and oxygen atoms in total. The number of nitrogens with two attached hydrogens (primary N) is 1. The summed E-state index contributed by atoms with van der Waals surface area (Å²) in [6, 6.07) is 5.24. The highest BCUT2D eigenvalue weighted by molar-refractivity contribution is 5.94. The molecule has 2 aromatic heterocycles. The van der Waals surface area contributed by atoms with E-state index >= 15 is 8.78 Å². The van der Waals surface area contributed by atoms with Crippen LogP contribution in [-0.2, 0) is 23.8 Å². The second-order valence-electron chi connectivity index (χ2n) is 22.1. The Morgan fingerprint density at radius 2 is 1.05 bits per heavy atom. The number of anilines is 2. The van der Waals surface area contributed by atoms with Gasteiger partial charge in [0.05, 0.1) is 36.1 Å². The van der Waals surface area contributed by atoms with E-state index in [0.717, 1.165) is 38.5 Å². The number of alkyl carbamates (subject to hydrolysis) is 2. The lowest BCUT2D eigenvalue weighted by atomic mass is 10.0. The molecule has 0 spiro atoms. The summed E-state index contributed by atoms with van der Waals surface area (Å²) in [5.41, 5.74) is 7.17. The van der Waals surface area contributed by atoms with E-state index in [-0.39, 0.29) is 84.2 Å². The number of ketones is 1. The predicted octanol–water partition coefficient (Wildman–Crippen LogP) is 7.51. The predicted molar refractivity (Wildman–Crippen MR) is 278 cm³/mol. The Bertz CT molecular complexity index is 2720. The number of hydrogen-bond acceptors (Lipinski definition) is 14. The molecule has 0 unspecified atom stereocenters. The van der Waals surface area contributed by atoms with Crippen LogP contribution in [0.2, 0.25) is 0 Å². The molecule has 2 aliphatic heterocycles. The second kappa shape index (κ2) is 22.2. The lowest BCUT2D eigenvalue weighted by molar-refractivity contribution is -0.142. The van der Waals surface area contributed by atoms with Gasteiger partial charge in [-0.05, 0) is 143 Å². The van der Waals surface area contributed by atoms with Gasteiger partial charge in [0.15, 0.2) is 12.4 Å². The fourth-order valence-corrected chi connectivity index (χ4v) is 10.1. The average Bonchev–Trinajstić information content (AvgIpc) is 4.23.